The molecule has 0 saturated heterocycles. The summed E-state index contributed by atoms with van der Waals surface area (Å²) >= 11 is 0. The molecule has 0 aliphatic carbocycles. The molecule has 0 spiro atoms. The van der Waals surface area contributed by atoms with Crippen molar-refractivity contribution in [2.45, 2.75) is 26.5 Å². The predicted molar refractivity (Wildman–Crippen MR) is 65.5 cm³/mol. The van der Waals surface area contributed by atoms with Gasteiger partial charge in [-0.3, -0.25) is 4.90 Å². The van der Waals surface area contributed by atoms with E-state index in [9.17, 15) is 9.50 Å². The van der Waals surface area contributed by atoms with Crippen LogP contribution in [0.1, 0.15) is 19.4 Å². The highest BCUT2D eigenvalue weighted by Crippen LogP contribution is 2.21. The Morgan fingerprint density at radius 1 is 1.41 bits per heavy atom. The Hall–Kier alpha value is -1.13. The minimum absolute atomic E-state index is 0.214. The van der Waals surface area contributed by atoms with Crippen LogP contribution in [0, 0.1) is 5.82 Å². The van der Waals surface area contributed by atoms with Gasteiger partial charge in [-0.25, -0.2) is 4.39 Å². The standard InChI is InChI=1S/C13H20FNO2/c1-10(2)17-8-7-15(3)9-11-5-4-6-12(14)13(11)16/h4-6,10,16H,7-9H2,1-3H3. The zero-order valence-corrected chi connectivity index (χ0v) is 10.6. The van der Waals surface area contributed by atoms with Gasteiger partial charge in [0.05, 0.1) is 12.7 Å². The number of para-hydroxylation sites is 1. The monoisotopic (exact) mass is 241 g/mol. The number of halogens is 1. The van der Waals surface area contributed by atoms with Crippen LogP contribution in [0.4, 0.5) is 4.39 Å². The topological polar surface area (TPSA) is 32.7 Å². The number of phenols is 1. The number of aromatic hydroxyl groups is 1. The average molecular weight is 241 g/mol. The van der Waals surface area contributed by atoms with Crippen LogP contribution < -0.4 is 0 Å². The van der Waals surface area contributed by atoms with Crippen molar-refractivity contribution in [1.29, 1.82) is 0 Å². The Morgan fingerprint density at radius 2 is 2.12 bits per heavy atom. The lowest BCUT2D eigenvalue weighted by Crippen LogP contribution is -2.24. The fraction of sp³-hybridized carbons (Fsp3) is 0.538. The molecule has 0 bridgehead atoms. The Morgan fingerprint density at radius 3 is 2.76 bits per heavy atom. The summed E-state index contributed by atoms with van der Waals surface area (Å²) in [6, 6.07) is 4.57. The lowest BCUT2D eigenvalue weighted by atomic mass is 10.2. The molecule has 0 amide bonds. The van der Waals surface area contributed by atoms with Crippen LogP contribution in [-0.4, -0.2) is 36.3 Å². The minimum Gasteiger partial charge on any atom is -0.505 e. The quantitative estimate of drug-likeness (QED) is 0.830. The normalized spacial score (nSPS) is 11.4. The molecule has 17 heavy (non-hydrogen) atoms. The number of benzene rings is 1. The molecule has 0 aliphatic heterocycles. The van der Waals surface area contributed by atoms with Crippen LogP contribution in [0.25, 0.3) is 0 Å². The Labute approximate surface area is 102 Å². The molecule has 0 unspecified atom stereocenters. The second-order valence-corrected chi connectivity index (χ2v) is 4.40. The van der Waals surface area contributed by atoms with Gasteiger partial charge in [0.25, 0.3) is 0 Å². The number of phenolic OH excluding ortho intramolecular Hbond substituents is 1. The van der Waals surface area contributed by atoms with Gasteiger partial charge in [0.1, 0.15) is 0 Å². The van der Waals surface area contributed by atoms with Crippen LogP contribution in [0.15, 0.2) is 18.2 Å². The van der Waals surface area contributed by atoms with Gasteiger partial charge in [-0.15, -0.1) is 0 Å². The van der Waals surface area contributed by atoms with E-state index in [2.05, 4.69) is 0 Å². The van der Waals surface area contributed by atoms with Crippen molar-refractivity contribution in [3.8, 4) is 5.75 Å². The van der Waals surface area contributed by atoms with Crippen molar-refractivity contribution in [2.75, 3.05) is 20.2 Å². The lowest BCUT2D eigenvalue weighted by molar-refractivity contribution is 0.0625. The summed E-state index contributed by atoms with van der Waals surface area (Å²) in [5, 5.41) is 9.53. The third-order valence-electron chi connectivity index (χ3n) is 2.43. The van der Waals surface area contributed by atoms with E-state index in [1.807, 2.05) is 25.8 Å². The number of nitrogens with zero attached hydrogens (tertiary/aromatic N) is 1. The van der Waals surface area contributed by atoms with Gasteiger partial charge in [0.2, 0.25) is 0 Å². The van der Waals surface area contributed by atoms with Crippen molar-refractivity contribution in [3.05, 3.63) is 29.6 Å². The summed E-state index contributed by atoms with van der Waals surface area (Å²) in [5.41, 5.74) is 0.594. The van der Waals surface area contributed by atoms with E-state index in [4.69, 9.17) is 4.74 Å². The molecule has 0 atom stereocenters. The number of rotatable bonds is 6. The molecular formula is C13H20FNO2. The summed E-state index contributed by atoms with van der Waals surface area (Å²) in [7, 11) is 1.91. The molecule has 0 heterocycles. The fourth-order valence-electron chi connectivity index (χ4n) is 1.50. The predicted octanol–water partition coefficient (Wildman–Crippen LogP) is 2.39. The molecule has 0 radical (unpaired) electrons. The van der Waals surface area contributed by atoms with Crippen LogP contribution in [0.2, 0.25) is 0 Å². The Bertz CT molecular complexity index is 355. The van der Waals surface area contributed by atoms with Gasteiger partial charge in [-0.1, -0.05) is 12.1 Å². The summed E-state index contributed by atoms with van der Waals surface area (Å²) in [6.45, 7) is 5.85. The number of ether oxygens (including phenoxy) is 1. The van der Waals surface area contributed by atoms with E-state index >= 15 is 0 Å². The Kier molecular flexibility index (Phi) is 5.38. The summed E-state index contributed by atoms with van der Waals surface area (Å²) in [5.74, 6) is -0.835. The molecular weight excluding hydrogens is 221 g/mol. The van der Waals surface area contributed by atoms with Gasteiger partial charge in [-0.05, 0) is 27.0 Å². The van der Waals surface area contributed by atoms with E-state index in [1.165, 1.54) is 6.07 Å². The lowest BCUT2D eigenvalue weighted by Gasteiger charge is -2.18. The third kappa shape index (κ3) is 4.71. The van der Waals surface area contributed by atoms with Crippen molar-refractivity contribution in [1.82, 2.24) is 4.90 Å². The maximum absolute atomic E-state index is 13.1. The van der Waals surface area contributed by atoms with Crippen LogP contribution in [0.5, 0.6) is 5.75 Å². The summed E-state index contributed by atoms with van der Waals surface area (Å²) < 4.78 is 18.5. The van der Waals surface area contributed by atoms with E-state index < -0.39 is 5.82 Å². The van der Waals surface area contributed by atoms with E-state index in [0.29, 0.717) is 18.7 Å². The fourth-order valence-corrected chi connectivity index (χ4v) is 1.50. The first kappa shape index (κ1) is 13.9. The van der Waals surface area contributed by atoms with E-state index in [0.717, 1.165) is 6.54 Å². The van der Waals surface area contributed by atoms with Crippen molar-refractivity contribution < 1.29 is 14.2 Å². The smallest absolute Gasteiger partial charge is 0.165 e. The maximum Gasteiger partial charge on any atom is 0.165 e. The molecule has 0 aromatic heterocycles. The van der Waals surface area contributed by atoms with Gasteiger partial charge >= 0.3 is 0 Å². The highest BCUT2D eigenvalue weighted by Gasteiger charge is 2.08. The van der Waals surface area contributed by atoms with Gasteiger partial charge in [-0.2, -0.15) is 0 Å². The molecule has 0 saturated carbocycles. The zero-order valence-electron chi connectivity index (χ0n) is 10.6. The molecule has 4 heteroatoms. The third-order valence-corrected chi connectivity index (χ3v) is 2.43. The van der Waals surface area contributed by atoms with Gasteiger partial charge < -0.3 is 9.84 Å². The van der Waals surface area contributed by atoms with Gasteiger partial charge in [0.15, 0.2) is 11.6 Å². The highest BCUT2D eigenvalue weighted by atomic mass is 19.1. The Balaban J connectivity index is 2.45. The van der Waals surface area contributed by atoms with Crippen molar-refractivity contribution in [3.63, 3.8) is 0 Å². The average Bonchev–Trinajstić information content (AvgIpc) is 2.24. The number of hydrogen-bond donors (Lipinski definition) is 1. The van der Waals surface area contributed by atoms with Crippen LogP contribution in [0.3, 0.4) is 0 Å². The molecule has 1 aromatic rings. The van der Waals surface area contributed by atoms with Crippen LogP contribution >= 0.6 is 0 Å². The first-order chi connectivity index (χ1) is 8.00. The van der Waals surface area contributed by atoms with E-state index in [1.54, 1.807) is 12.1 Å². The van der Waals surface area contributed by atoms with Gasteiger partial charge in [0, 0.05) is 18.7 Å². The maximum atomic E-state index is 13.1. The molecule has 96 valence electrons. The minimum atomic E-state index is -0.575. The second kappa shape index (κ2) is 6.57. The SMILES string of the molecule is CC(C)OCCN(C)Cc1cccc(F)c1O. The number of likely N-dealkylation sites (N-methyl/N-ethyl adjacent to an activating group) is 1. The second-order valence-electron chi connectivity index (χ2n) is 4.40. The first-order valence-electron chi connectivity index (χ1n) is 5.77. The zero-order chi connectivity index (χ0) is 12.8. The largest absolute Gasteiger partial charge is 0.505 e. The summed E-state index contributed by atoms with van der Waals surface area (Å²) in [6.07, 6.45) is 0.214. The highest BCUT2D eigenvalue weighted by molar-refractivity contribution is 5.33. The molecule has 0 fully saturated rings. The molecule has 1 aromatic carbocycles. The van der Waals surface area contributed by atoms with Crippen LogP contribution in [-0.2, 0) is 11.3 Å². The van der Waals surface area contributed by atoms with E-state index in [-0.39, 0.29) is 11.9 Å². The molecule has 3 nitrogen and oxygen atoms in total. The van der Waals surface area contributed by atoms with Crippen molar-refractivity contribution in [2.24, 2.45) is 0 Å². The number of hydrogen-bond acceptors (Lipinski definition) is 3. The first-order valence-corrected chi connectivity index (χ1v) is 5.77. The molecule has 1 N–H and O–H groups in total. The molecule has 1 rings (SSSR count). The molecule has 0 aliphatic rings. The van der Waals surface area contributed by atoms with Crippen molar-refractivity contribution >= 4 is 0 Å². The summed E-state index contributed by atoms with van der Waals surface area (Å²) in [4.78, 5) is 1.98.